The number of esters is 1. The Bertz CT molecular complexity index is 1020. The number of ether oxygens (including phenoxy) is 1. The number of carbonyl (C=O) groups excluding carboxylic acids is 1. The van der Waals surface area contributed by atoms with Gasteiger partial charge in [0.05, 0.1) is 10.5 Å². The van der Waals surface area contributed by atoms with Crippen molar-refractivity contribution in [1.82, 2.24) is 13.9 Å². The zero-order chi connectivity index (χ0) is 23.0. The van der Waals surface area contributed by atoms with Gasteiger partial charge >= 0.3 is 12.1 Å². The van der Waals surface area contributed by atoms with Crippen LogP contribution in [0.4, 0.5) is 13.2 Å². The van der Waals surface area contributed by atoms with Crippen LogP contribution in [-0.2, 0) is 21.8 Å². The van der Waals surface area contributed by atoms with E-state index < -0.39 is 34.1 Å². The molecule has 2 aromatic rings. The number of carbonyl (C=O) groups is 1. The van der Waals surface area contributed by atoms with Crippen molar-refractivity contribution in [3.05, 3.63) is 48.0 Å². The van der Waals surface area contributed by atoms with Gasteiger partial charge in [-0.3, -0.25) is 0 Å². The number of hydrogen-bond donors (Lipinski definition) is 0. The molecule has 3 rings (SSSR count). The Hall–Kier alpha value is -2.40. The molecule has 11 heteroatoms. The lowest BCUT2D eigenvalue weighted by Crippen LogP contribution is -2.42. The molecule has 0 aliphatic carbocycles. The third-order valence-corrected chi connectivity index (χ3v) is 7.02. The largest absolute Gasteiger partial charge is 0.441 e. The predicted octanol–water partition coefficient (Wildman–Crippen LogP) is 3.55. The molecule has 1 aromatic heterocycles. The predicted molar refractivity (Wildman–Crippen MR) is 106 cm³/mol. The van der Waals surface area contributed by atoms with Gasteiger partial charge in [-0.25, -0.2) is 18.2 Å². The van der Waals surface area contributed by atoms with E-state index in [9.17, 15) is 26.4 Å². The third-order valence-electron chi connectivity index (χ3n) is 5.18. The molecule has 1 saturated heterocycles. The maximum atomic E-state index is 13.4. The topological polar surface area (TPSA) is 81.5 Å². The summed E-state index contributed by atoms with van der Waals surface area (Å²) in [6.45, 7) is 4.76. The lowest BCUT2D eigenvalue weighted by atomic mass is 9.94. The molecule has 3 unspecified atom stereocenters. The van der Waals surface area contributed by atoms with E-state index in [1.54, 1.807) is 0 Å². The zero-order valence-corrected chi connectivity index (χ0v) is 18.2. The average Bonchev–Trinajstić information content (AvgIpc) is 3.09. The highest BCUT2D eigenvalue weighted by Gasteiger charge is 2.46. The molecule has 0 amide bonds. The summed E-state index contributed by atoms with van der Waals surface area (Å²) < 4.78 is 73.3. The average molecular weight is 459 g/mol. The van der Waals surface area contributed by atoms with E-state index in [1.165, 1.54) is 35.9 Å². The van der Waals surface area contributed by atoms with E-state index in [2.05, 4.69) is 9.72 Å². The molecular weight excluding hydrogens is 435 g/mol. The third kappa shape index (κ3) is 5.09. The summed E-state index contributed by atoms with van der Waals surface area (Å²) in [7, 11) is -2.41. The Labute approximate surface area is 178 Å². The van der Waals surface area contributed by atoms with E-state index in [-0.39, 0.29) is 22.3 Å². The smallest absolute Gasteiger partial charge is 0.432 e. The van der Waals surface area contributed by atoms with Crippen LogP contribution < -0.4 is 0 Å². The van der Waals surface area contributed by atoms with E-state index >= 15 is 0 Å². The molecule has 0 saturated carbocycles. The van der Waals surface area contributed by atoms with Gasteiger partial charge in [0.15, 0.2) is 5.82 Å². The fourth-order valence-electron chi connectivity index (χ4n) is 3.78. The van der Waals surface area contributed by atoms with Gasteiger partial charge in [-0.15, -0.1) is 0 Å². The maximum Gasteiger partial charge on any atom is 0.432 e. The second-order valence-corrected chi connectivity index (χ2v) is 9.95. The number of halogens is 3. The SMILES string of the molecule is CC1CC(C)CN(S(=O)(=O)c2ccc(C(=O)OC(c3nccn3C)C(F)(F)F)cc2)C1. The first kappa shape index (κ1) is 23.3. The van der Waals surface area contributed by atoms with Crippen LogP contribution in [0.1, 0.15) is 42.6 Å². The van der Waals surface area contributed by atoms with Crippen molar-refractivity contribution in [3.63, 3.8) is 0 Å². The van der Waals surface area contributed by atoms with Gasteiger partial charge in [0.25, 0.3) is 6.10 Å². The molecule has 3 atom stereocenters. The summed E-state index contributed by atoms with van der Waals surface area (Å²) in [5, 5.41) is 0. The number of benzene rings is 1. The Kier molecular flexibility index (Phi) is 6.47. The van der Waals surface area contributed by atoms with E-state index in [0.29, 0.717) is 13.1 Å². The summed E-state index contributed by atoms with van der Waals surface area (Å²) >= 11 is 0. The lowest BCUT2D eigenvalue weighted by Gasteiger charge is -2.34. The lowest BCUT2D eigenvalue weighted by molar-refractivity contribution is -0.210. The Morgan fingerprint density at radius 1 is 1.16 bits per heavy atom. The van der Waals surface area contributed by atoms with Gasteiger partial charge in [0.2, 0.25) is 10.0 Å². The van der Waals surface area contributed by atoms with Crippen molar-refractivity contribution in [2.75, 3.05) is 13.1 Å². The molecule has 31 heavy (non-hydrogen) atoms. The second kappa shape index (κ2) is 8.62. The van der Waals surface area contributed by atoms with Crippen LogP contribution in [0.2, 0.25) is 0 Å². The van der Waals surface area contributed by atoms with Crippen molar-refractivity contribution in [2.24, 2.45) is 18.9 Å². The van der Waals surface area contributed by atoms with Crippen LogP contribution in [0.3, 0.4) is 0 Å². The Balaban J connectivity index is 1.79. The van der Waals surface area contributed by atoms with Gasteiger partial charge < -0.3 is 9.30 Å². The summed E-state index contributed by atoms with van der Waals surface area (Å²) in [6, 6.07) is 4.72. The van der Waals surface area contributed by atoms with Crippen molar-refractivity contribution in [1.29, 1.82) is 0 Å². The highest BCUT2D eigenvalue weighted by Crippen LogP contribution is 2.35. The minimum atomic E-state index is -4.86. The number of rotatable bonds is 5. The first-order chi connectivity index (χ1) is 14.4. The molecule has 2 heterocycles. The number of nitrogens with zero attached hydrogens (tertiary/aromatic N) is 3. The fraction of sp³-hybridized carbons (Fsp3) is 0.500. The molecule has 0 bridgehead atoms. The van der Waals surface area contributed by atoms with Crippen LogP contribution >= 0.6 is 0 Å². The van der Waals surface area contributed by atoms with Gasteiger partial charge in [-0.1, -0.05) is 13.8 Å². The van der Waals surface area contributed by atoms with Gasteiger partial charge in [-0.2, -0.15) is 17.5 Å². The number of piperidine rings is 1. The molecule has 1 fully saturated rings. The second-order valence-electron chi connectivity index (χ2n) is 8.02. The van der Waals surface area contributed by atoms with Crippen LogP contribution in [0.15, 0.2) is 41.6 Å². The minimum absolute atomic E-state index is 0.0261. The highest BCUT2D eigenvalue weighted by atomic mass is 32.2. The summed E-state index contributed by atoms with van der Waals surface area (Å²) in [5.41, 5.74) is -0.192. The molecule has 170 valence electrons. The number of aromatic nitrogens is 2. The number of aryl methyl sites for hydroxylation is 1. The maximum absolute atomic E-state index is 13.4. The van der Waals surface area contributed by atoms with Gasteiger partial charge in [0.1, 0.15) is 0 Å². The minimum Gasteiger partial charge on any atom is -0.441 e. The highest BCUT2D eigenvalue weighted by molar-refractivity contribution is 7.89. The normalized spacial score (nSPS) is 21.6. The fourth-order valence-corrected chi connectivity index (χ4v) is 5.46. The van der Waals surface area contributed by atoms with Crippen molar-refractivity contribution < 1.29 is 31.1 Å². The summed E-state index contributed by atoms with van der Waals surface area (Å²) in [4.78, 5) is 15.9. The molecular formula is C20H24F3N3O4S. The van der Waals surface area contributed by atoms with Crippen LogP contribution in [-0.4, -0.2) is 47.5 Å². The van der Waals surface area contributed by atoms with Crippen molar-refractivity contribution in [3.8, 4) is 0 Å². The standard InChI is InChI=1S/C20H24F3N3O4S/c1-13-10-14(2)12-26(11-13)31(28,29)16-6-4-15(5-7-16)19(27)30-17(20(21,22)23)18-24-8-9-25(18)3/h4-9,13-14,17H,10-12H2,1-3H3. The molecule has 0 spiro atoms. The Morgan fingerprint density at radius 3 is 2.23 bits per heavy atom. The van der Waals surface area contributed by atoms with E-state index in [0.717, 1.165) is 23.1 Å². The van der Waals surface area contributed by atoms with E-state index in [4.69, 9.17) is 0 Å². The number of hydrogen-bond acceptors (Lipinski definition) is 5. The molecule has 1 aliphatic heterocycles. The van der Waals surface area contributed by atoms with Crippen molar-refractivity contribution in [2.45, 2.75) is 37.4 Å². The first-order valence-electron chi connectivity index (χ1n) is 9.74. The molecule has 0 radical (unpaired) electrons. The quantitative estimate of drug-likeness (QED) is 0.639. The molecule has 7 nitrogen and oxygen atoms in total. The Morgan fingerprint density at radius 2 is 1.74 bits per heavy atom. The number of sulfonamides is 1. The molecule has 0 N–H and O–H groups in total. The van der Waals surface area contributed by atoms with E-state index in [1.807, 2.05) is 13.8 Å². The first-order valence-corrected chi connectivity index (χ1v) is 11.2. The van der Waals surface area contributed by atoms with Crippen LogP contribution in [0, 0.1) is 11.8 Å². The molecule has 1 aromatic carbocycles. The summed E-state index contributed by atoms with van der Waals surface area (Å²) in [6.07, 6.45) is -3.99. The number of imidazole rings is 1. The van der Waals surface area contributed by atoms with Crippen LogP contribution in [0.5, 0.6) is 0 Å². The van der Waals surface area contributed by atoms with Crippen LogP contribution in [0.25, 0.3) is 0 Å². The summed E-state index contributed by atoms with van der Waals surface area (Å²) in [5.74, 6) is -1.25. The monoisotopic (exact) mass is 459 g/mol. The van der Waals surface area contributed by atoms with Gasteiger partial charge in [0, 0.05) is 32.5 Å². The number of alkyl halides is 3. The van der Waals surface area contributed by atoms with Gasteiger partial charge in [-0.05, 0) is 42.5 Å². The zero-order valence-electron chi connectivity index (χ0n) is 17.3. The van der Waals surface area contributed by atoms with Crippen molar-refractivity contribution >= 4 is 16.0 Å². The molecule has 1 aliphatic rings.